The standard InChI is InChI=1S/C20H20FN3O3S/c1-12-7-23(8-13(2)27-12)17(25)9-24-11-22-19-18(20(24)26)16(10-28-19)14-3-5-15(21)6-4-14/h3-6,10-13H,7-9H2,1-2H3/t12-,13+. The SMILES string of the molecule is C[C@@H]1CN(C(=O)Cn2cnc3scc(-c4ccc(F)cc4)c3c2=O)C[C@H](C)O1. The second-order valence-corrected chi connectivity index (χ2v) is 7.93. The molecule has 1 aromatic carbocycles. The average molecular weight is 401 g/mol. The summed E-state index contributed by atoms with van der Waals surface area (Å²) in [4.78, 5) is 32.4. The van der Waals surface area contributed by atoms with Gasteiger partial charge in [0, 0.05) is 24.0 Å². The summed E-state index contributed by atoms with van der Waals surface area (Å²) >= 11 is 1.35. The number of fused-ring (bicyclic) bond motifs is 1. The van der Waals surface area contributed by atoms with Gasteiger partial charge in [-0.15, -0.1) is 11.3 Å². The maximum Gasteiger partial charge on any atom is 0.263 e. The Morgan fingerprint density at radius 3 is 2.61 bits per heavy atom. The number of halogens is 1. The number of ether oxygens (including phenoxy) is 1. The Hall–Kier alpha value is -2.58. The lowest BCUT2D eigenvalue weighted by atomic mass is 10.1. The normalized spacial score (nSPS) is 19.9. The first-order chi connectivity index (χ1) is 13.4. The van der Waals surface area contributed by atoms with Crippen LogP contribution in [0.15, 0.2) is 40.8 Å². The molecule has 146 valence electrons. The van der Waals surface area contributed by atoms with Crippen LogP contribution in [0.4, 0.5) is 4.39 Å². The molecule has 3 heterocycles. The summed E-state index contributed by atoms with van der Waals surface area (Å²) in [7, 11) is 0. The number of hydrogen-bond donors (Lipinski definition) is 0. The van der Waals surface area contributed by atoms with Gasteiger partial charge in [-0.2, -0.15) is 0 Å². The van der Waals surface area contributed by atoms with Crippen molar-refractivity contribution in [2.75, 3.05) is 13.1 Å². The van der Waals surface area contributed by atoms with Gasteiger partial charge < -0.3 is 9.64 Å². The molecule has 0 N–H and O–H groups in total. The summed E-state index contributed by atoms with van der Waals surface area (Å²) in [5, 5.41) is 2.29. The number of amides is 1. The van der Waals surface area contributed by atoms with Crippen molar-refractivity contribution in [3.63, 3.8) is 0 Å². The van der Waals surface area contributed by atoms with Gasteiger partial charge in [0.05, 0.1) is 23.9 Å². The molecule has 1 fully saturated rings. The molecular weight excluding hydrogens is 381 g/mol. The van der Waals surface area contributed by atoms with E-state index in [1.165, 1.54) is 34.4 Å². The minimum Gasteiger partial charge on any atom is -0.372 e. The van der Waals surface area contributed by atoms with E-state index in [0.29, 0.717) is 28.9 Å². The van der Waals surface area contributed by atoms with Gasteiger partial charge in [0.2, 0.25) is 5.91 Å². The van der Waals surface area contributed by atoms with Gasteiger partial charge in [0.15, 0.2) is 0 Å². The van der Waals surface area contributed by atoms with Crippen LogP contribution in [0.1, 0.15) is 13.8 Å². The fourth-order valence-electron chi connectivity index (χ4n) is 3.55. The predicted molar refractivity (Wildman–Crippen MR) is 106 cm³/mol. The molecule has 0 spiro atoms. The number of hydrogen-bond acceptors (Lipinski definition) is 5. The quantitative estimate of drug-likeness (QED) is 0.677. The van der Waals surface area contributed by atoms with Crippen molar-refractivity contribution < 1.29 is 13.9 Å². The summed E-state index contributed by atoms with van der Waals surface area (Å²) in [5.74, 6) is -0.470. The first-order valence-corrected chi connectivity index (χ1v) is 9.96. The van der Waals surface area contributed by atoms with E-state index in [2.05, 4.69) is 4.98 Å². The van der Waals surface area contributed by atoms with Crippen LogP contribution in [0.2, 0.25) is 0 Å². The molecule has 0 aliphatic carbocycles. The summed E-state index contributed by atoms with van der Waals surface area (Å²) in [6.45, 7) is 4.80. The van der Waals surface area contributed by atoms with Gasteiger partial charge in [-0.25, -0.2) is 9.37 Å². The predicted octanol–water partition coefficient (Wildman–Crippen LogP) is 2.90. The van der Waals surface area contributed by atoms with E-state index in [4.69, 9.17) is 4.74 Å². The maximum absolute atomic E-state index is 13.2. The van der Waals surface area contributed by atoms with Crippen molar-refractivity contribution in [3.8, 4) is 11.1 Å². The van der Waals surface area contributed by atoms with E-state index in [1.807, 2.05) is 19.2 Å². The molecule has 0 saturated carbocycles. The third-order valence-corrected chi connectivity index (χ3v) is 5.68. The van der Waals surface area contributed by atoms with Gasteiger partial charge >= 0.3 is 0 Å². The fourth-order valence-corrected chi connectivity index (χ4v) is 4.46. The van der Waals surface area contributed by atoms with Crippen LogP contribution in [-0.2, 0) is 16.1 Å². The van der Waals surface area contributed by atoms with Crippen LogP contribution >= 0.6 is 11.3 Å². The Kier molecular flexibility index (Phi) is 4.99. The van der Waals surface area contributed by atoms with Crippen LogP contribution in [-0.4, -0.2) is 45.7 Å². The van der Waals surface area contributed by atoms with Crippen molar-refractivity contribution in [3.05, 3.63) is 52.1 Å². The highest BCUT2D eigenvalue weighted by Crippen LogP contribution is 2.30. The fraction of sp³-hybridized carbons (Fsp3) is 0.350. The minimum absolute atomic E-state index is 0.0352. The lowest BCUT2D eigenvalue weighted by molar-refractivity contribution is -0.143. The van der Waals surface area contributed by atoms with E-state index < -0.39 is 0 Å². The Labute approximate surface area is 165 Å². The van der Waals surface area contributed by atoms with E-state index in [1.54, 1.807) is 17.0 Å². The summed E-state index contributed by atoms with van der Waals surface area (Å²) < 4.78 is 20.2. The molecule has 28 heavy (non-hydrogen) atoms. The third-order valence-electron chi connectivity index (χ3n) is 4.79. The Bertz CT molecular complexity index is 1070. The number of benzene rings is 1. The molecule has 1 amide bonds. The Morgan fingerprint density at radius 1 is 1.25 bits per heavy atom. The molecule has 4 rings (SSSR count). The smallest absolute Gasteiger partial charge is 0.263 e. The molecule has 2 aromatic heterocycles. The summed E-state index contributed by atoms with van der Waals surface area (Å²) in [5.41, 5.74) is 1.17. The topological polar surface area (TPSA) is 64.4 Å². The molecule has 0 radical (unpaired) electrons. The number of rotatable bonds is 3. The highest BCUT2D eigenvalue weighted by molar-refractivity contribution is 7.17. The lowest BCUT2D eigenvalue weighted by Crippen LogP contribution is -2.49. The molecular formula is C20H20FN3O3S. The van der Waals surface area contributed by atoms with E-state index in [9.17, 15) is 14.0 Å². The summed E-state index contributed by atoms with van der Waals surface area (Å²) in [6.07, 6.45) is 1.35. The van der Waals surface area contributed by atoms with Gasteiger partial charge in [-0.05, 0) is 31.5 Å². The third kappa shape index (κ3) is 3.57. The number of carbonyl (C=O) groups is 1. The zero-order valence-electron chi connectivity index (χ0n) is 15.6. The number of morpholine rings is 1. The molecule has 2 atom stereocenters. The van der Waals surface area contributed by atoms with Crippen LogP contribution in [0.3, 0.4) is 0 Å². The number of carbonyl (C=O) groups excluding carboxylic acids is 1. The average Bonchev–Trinajstić information content (AvgIpc) is 3.08. The monoisotopic (exact) mass is 401 g/mol. The van der Waals surface area contributed by atoms with E-state index >= 15 is 0 Å². The van der Waals surface area contributed by atoms with Gasteiger partial charge in [0.25, 0.3) is 5.56 Å². The molecule has 8 heteroatoms. The lowest BCUT2D eigenvalue weighted by Gasteiger charge is -2.35. The van der Waals surface area contributed by atoms with E-state index in [-0.39, 0.29) is 36.0 Å². The molecule has 0 bridgehead atoms. The molecule has 1 aliphatic heterocycles. The van der Waals surface area contributed by atoms with Crippen molar-refractivity contribution in [2.45, 2.75) is 32.6 Å². The Balaban J connectivity index is 1.66. The van der Waals surface area contributed by atoms with Crippen molar-refractivity contribution in [1.82, 2.24) is 14.5 Å². The molecule has 3 aromatic rings. The largest absolute Gasteiger partial charge is 0.372 e. The van der Waals surface area contributed by atoms with Crippen molar-refractivity contribution >= 4 is 27.5 Å². The van der Waals surface area contributed by atoms with Crippen LogP contribution < -0.4 is 5.56 Å². The first kappa shape index (κ1) is 18.8. The second-order valence-electron chi connectivity index (χ2n) is 7.07. The summed E-state index contributed by atoms with van der Waals surface area (Å²) in [6, 6.07) is 5.99. The number of aromatic nitrogens is 2. The van der Waals surface area contributed by atoms with Gasteiger partial charge in [-0.1, -0.05) is 12.1 Å². The highest BCUT2D eigenvalue weighted by Gasteiger charge is 2.26. The zero-order valence-corrected chi connectivity index (χ0v) is 16.4. The van der Waals surface area contributed by atoms with Gasteiger partial charge in [-0.3, -0.25) is 14.2 Å². The maximum atomic E-state index is 13.2. The van der Waals surface area contributed by atoms with Crippen LogP contribution in [0, 0.1) is 5.82 Å². The van der Waals surface area contributed by atoms with Gasteiger partial charge in [0.1, 0.15) is 17.2 Å². The zero-order chi connectivity index (χ0) is 19.8. The molecule has 1 saturated heterocycles. The minimum atomic E-state index is -0.335. The van der Waals surface area contributed by atoms with Crippen molar-refractivity contribution in [1.29, 1.82) is 0 Å². The molecule has 1 aliphatic rings. The van der Waals surface area contributed by atoms with Crippen LogP contribution in [0.25, 0.3) is 21.3 Å². The highest BCUT2D eigenvalue weighted by atomic mass is 32.1. The first-order valence-electron chi connectivity index (χ1n) is 9.08. The second kappa shape index (κ2) is 7.44. The molecule has 6 nitrogen and oxygen atoms in total. The van der Waals surface area contributed by atoms with Crippen molar-refractivity contribution in [2.24, 2.45) is 0 Å². The van der Waals surface area contributed by atoms with E-state index in [0.717, 1.165) is 5.56 Å². The Morgan fingerprint density at radius 2 is 1.93 bits per heavy atom. The number of thiophene rings is 1. The van der Waals surface area contributed by atoms with Crippen LogP contribution in [0.5, 0.6) is 0 Å². The molecule has 0 unspecified atom stereocenters. The number of nitrogens with zero attached hydrogens (tertiary/aromatic N) is 3.